The second-order valence-electron chi connectivity index (χ2n) is 3.00. The standard InChI is InChI=1S/C9H11N3O2/c1-3-14-9(13)7-5-12-8(11-7)6(2)4-10-12/h4-5,10H,3H2,1-2H3. The summed E-state index contributed by atoms with van der Waals surface area (Å²) in [6.07, 6.45) is 3.46. The Bertz CT molecular complexity index is 469. The zero-order valence-electron chi connectivity index (χ0n) is 8.07. The number of imidazole rings is 1. The number of carbonyl (C=O) groups is 1. The van der Waals surface area contributed by atoms with Crippen LogP contribution in [0.15, 0.2) is 12.4 Å². The number of rotatable bonds is 2. The summed E-state index contributed by atoms with van der Waals surface area (Å²) in [5, 5.41) is 2.95. The minimum Gasteiger partial charge on any atom is -0.461 e. The molecule has 0 unspecified atom stereocenters. The highest BCUT2D eigenvalue weighted by molar-refractivity contribution is 5.88. The normalized spacial score (nSPS) is 10.7. The van der Waals surface area contributed by atoms with Gasteiger partial charge in [0.15, 0.2) is 11.3 Å². The van der Waals surface area contributed by atoms with Crippen molar-refractivity contribution >= 4 is 11.6 Å². The molecule has 0 saturated heterocycles. The van der Waals surface area contributed by atoms with Gasteiger partial charge in [-0.15, -0.1) is 0 Å². The van der Waals surface area contributed by atoms with E-state index >= 15 is 0 Å². The molecule has 2 rings (SSSR count). The Morgan fingerprint density at radius 2 is 2.50 bits per heavy atom. The first-order valence-corrected chi connectivity index (χ1v) is 4.42. The van der Waals surface area contributed by atoms with Gasteiger partial charge in [0.2, 0.25) is 0 Å². The fourth-order valence-electron chi connectivity index (χ4n) is 1.29. The summed E-state index contributed by atoms with van der Waals surface area (Å²) < 4.78 is 6.53. The number of hydrogen-bond donors (Lipinski definition) is 1. The monoisotopic (exact) mass is 193 g/mol. The van der Waals surface area contributed by atoms with Crippen LogP contribution in [0.25, 0.3) is 5.65 Å². The van der Waals surface area contributed by atoms with Crippen LogP contribution >= 0.6 is 0 Å². The summed E-state index contributed by atoms with van der Waals surface area (Å²) in [6.45, 7) is 4.06. The fourth-order valence-corrected chi connectivity index (χ4v) is 1.29. The molecule has 0 aliphatic heterocycles. The van der Waals surface area contributed by atoms with Crippen molar-refractivity contribution in [3.8, 4) is 0 Å². The van der Waals surface area contributed by atoms with Crippen molar-refractivity contribution in [2.24, 2.45) is 0 Å². The van der Waals surface area contributed by atoms with Gasteiger partial charge in [-0.3, -0.25) is 5.10 Å². The fraction of sp³-hybridized carbons (Fsp3) is 0.333. The van der Waals surface area contributed by atoms with Gasteiger partial charge in [-0.1, -0.05) is 0 Å². The second kappa shape index (κ2) is 3.17. The van der Waals surface area contributed by atoms with Gasteiger partial charge in [-0.2, -0.15) is 0 Å². The second-order valence-corrected chi connectivity index (χ2v) is 3.00. The lowest BCUT2D eigenvalue weighted by molar-refractivity contribution is 0.0520. The molecule has 5 nitrogen and oxygen atoms in total. The highest BCUT2D eigenvalue weighted by atomic mass is 16.5. The summed E-state index contributed by atoms with van der Waals surface area (Å²) in [5.74, 6) is -0.385. The lowest BCUT2D eigenvalue weighted by Crippen LogP contribution is -2.04. The Hall–Kier alpha value is -1.78. The smallest absolute Gasteiger partial charge is 0.358 e. The van der Waals surface area contributed by atoms with Crippen molar-refractivity contribution in [2.75, 3.05) is 6.61 Å². The lowest BCUT2D eigenvalue weighted by Gasteiger charge is -1.95. The molecule has 0 atom stereocenters. The Balaban J connectivity index is 2.40. The number of hydrogen-bond acceptors (Lipinski definition) is 3. The van der Waals surface area contributed by atoms with Crippen LogP contribution in [0, 0.1) is 6.92 Å². The molecule has 0 fully saturated rings. The number of fused-ring (bicyclic) bond motifs is 1. The molecular formula is C9H11N3O2. The number of carbonyl (C=O) groups excluding carboxylic acids is 1. The number of nitrogens with one attached hydrogen (secondary N) is 1. The van der Waals surface area contributed by atoms with Gasteiger partial charge in [-0.25, -0.2) is 14.3 Å². The average Bonchev–Trinajstić information content (AvgIpc) is 2.69. The minimum absolute atomic E-state index is 0.335. The SMILES string of the molecule is CCOC(=O)c1cn2[nH]cc(C)c2n1. The third-order valence-corrected chi connectivity index (χ3v) is 1.96. The van der Waals surface area contributed by atoms with Gasteiger partial charge >= 0.3 is 5.97 Å². The van der Waals surface area contributed by atoms with Gasteiger partial charge < -0.3 is 4.74 Å². The number of aryl methyl sites for hydroxylation is 1. The number of esters is 1. The topological polar surface area (TPSA) is 59.4 Å². The third kappa shape index (κ3) is 1.26. The van der Waals surface area contributed by atoms with Crippen LogP contribution in [0.5, 0.6) is 0 Å². The quantitative estimate of drug-likeness (QED) is 0.728. The zero-order chi connectivity index (χ0) is 10.1. The van der Waals surface area contributed by atoms with E-state index in [1.54, 1.807) is 17.6 Å². The predicted octanol–water partition coefficient (Wildman–Crippen LogP) is 1.15. The molecule has 0 aliphatic rings. The van der Waals surface area contributed by atoms with E-state index in [2.05, 4.69) is 10.1 Å². The van der Waals surface area contributed by atoms with E-state index in [1.807, 2.05) is 13.1 Å². The lowest BCUT2D eigenvalue weighted by atomic mass is 10.4. The highest BCUT2D eigenvalue weighted by Crippen LogP contribution is 2.09. The van der Waals surface area contributed by atoms with Crippen LogP contribution < -0.4 is 0 Å². The summed E-state index contributed by atoms with van der Waals surface area (Å²) in [4.78, 5) is 15.5. The first-order chi connectivity index (χ1) is 6.72. The maximum atomic E-state index is 11.3. The molecule has 0 radical (unpaired) electrons. The van der Waals surface area contributed by atoms with Crippen molar-refractivity contribution in [2.45, 2.75) is 13.8 Å². The first kappa shape index (κ1) is 8.80. The molecule has 2 heterocycles. The molecule has 2 aromatic heterocycles. The number of aromatic amines is 1. The summed E-state index contributed by atoms with van der Waals surface area (Å²) >= 11 is 0. The third-order valence-electron chi connectivity index (χ3n) is 1.96. The highest BCUT2D eigenvalue weighted by Gasteiger charge is 2.12. The molecular weight excluding hydrogens is 182 g/mol. The van der Waals surface area contributed by atoms with Crippen LogP contribution in [0.3, 0.4) is 0 Å². The van der Waals surface area contributed by atoms with E-state index in [9.17, 15) is 4.79 Å². The Kier molecular flexibility index (Phi) is 1.99. The summed E-state index contributed by atoms with van der Waals surface area (Å²) in [6, 6.07) is 0. The molecule has 2 aromatic rings. The molecule has 14 heavy (non-hydrogen) atoms. The van der Waals surface area contributed by atoms with Crippen molar-refractivity contribution in [3.63, 3.8) is 0 Å². The van der Waals surface area contributed by atoms with Gasteiger partial charge in [-0.05, 0) is 13.8 Å². The van der Waals surface area contributed by atoms with Crippen LogP contribution in [0.4, 0.5) is 0 Å². The summed E-state index contributed by atoms with van der Waals surface area (Å²) in [5.41, 5.74) is 2.09. The average molecular weight is 193 g/mol. The number of nitrogens with zero attached hydrogens (tertiary/aromatic N) is 2. The number of aromatic nitrogens is 3. The molecule has 0 amide bonds. The van der Waals surface area contributed by atoms with Crippen LogP contribution in [-0.2, 0) is 4.74 Å². The number of H-pyrrole nitrogens is 1. The van der Waals surface area contributed by atoms with Crippen molar-refractivity contribution in [1.29, 1.82) is 0 Å². The van der Waals surface area contributed by atoms with E-state index in [-0.39, 0.29) is 5.97 Å². The number of ether oxygens (including phenoxy) is 1. The van der Waals surface area contributed by atoms with E-state index in [1.165, 1.54) is 0 Å². The molecule has 74 valence electrons. The van der Waals surface area contributed by atoms with Gasteiger partial charge in [0.25, 0.3) is 0 Å². The molecule has 5 heteroatoms. The Morgan fingerprint density at radius 1 is 1.71 bits per heavy atom. The van der Waals surface area contributed by atoms with Crippen molar-refractivity contribution in [3.05, 3.63) is 23.7 Å². The van der Waals surface area contributed by atoms with Crippen molar-refractivity contribution in [1.82, 2.24) is 14.6 Å². The minimum atomic E-state index is -0.385. The van der Waals surface area contributed by atoms with Crippen molar-refractivity contribution < 1.29 is 9.53 Å². The Morgan fingerprint density at radius 3 is 3.14 bits per heavy atom. The first-order valence-electron chi connectivity index (χ1n) is 4.42. The maximum Gasteiger partial charge on any atom is 0.358 e. The van der Waals surface area contributed by atoms with Crippen LogP contribution in [0.2, 0.25) is 0 Å². The summed E-state index contributed by atoms with van der Waals surface area (Å²) in [7, 11) is 0. The molecule has 0 aromatic carbocycles. The Labute approximate surface area is 80.7 Å². The van der Waals surface area contributed by atoms with E-state index in [0.29, 0.717) is 12.3 Å². The van der Waals surface area contributed by atoms with Crippen LogP contribution in [-0.4, -0.2) is 27.2 Å². The molecule has 0 aliphatic carbocycles. The van der Waals surface area contributed by atoms with Gasteiger partial charge in [0.05, 0.1) is 12.8 Å². The van der Waals surface area contributed by atoms with Gasteiger partial charge in [0.1, 0.15) is 0 Å². The molecule has 0 bridgehead atoms. The molecule has 0 saturated carbocycles. The van der Waals surface area contributed by atoms with Gasteiger partial charge in [0, 0.05) is 11.8 Å². The zero-order valence-corrected chi connectivity index (χ0v) is 8.07. The molecule has 1 N–H and O–H groups in total. The van der Waals surface area contributed by atoms with Crippen LogP contribution in [0.1, 0.15) is 23.0 Å². The molecule has 0 spiro atoms. The largest absolute Gasteiger partial charge is 0.461 e. The van der Waals surface area contributed by atoms with E-state index < -0.39 is 0 Å². The van der Waals surface area contributed by atoms with E-state index in [0.717, 1.165) is 11.2 Å². The maximum absolute atomic E-state index is 11.3. The van der Waals surface area contributed by atoms with E-state index in [4.69, 9.17) is 4.74 Å². The predicted molar refractivity (Wildman–Crippen MR) is 50.2 cm³/mol.